The highest BCUT2D eigenvalue weighted by atomic mass is 16.5. The number of allylic oxidation sites excluding steroid dienone is 1. The summed E-state index contributed by atoms with van der Waals surface area (Å²) in [6.45, 7) is 13.7. The Kier molecular flexibility index (Phi) is 8.08. The third-order valence-corrected chi connectivity index (χ3v) is 11.1. The number of hydrogen-bond acceptors (Lipinski definition) is 3. The van der Waals surface area contributed by atoms with E-state index < -0.39 is 5.97 Å². The predicted octanol–water partition coefficient (Wildman–Crippen LogP) is 7.08. The molecule has 1 N–H and O–H groups in total. The minimum Gasteiger partial charge on any atom is -0.456 e. The number of ether oxygens (including phenoxy) is 1. The Bertz CT molecular complexity index is 818. The minimum absolute atomic E-state index is 0.163. The maximum Gasteiger partial charge on any atom is 0.303 e. The van der Waals surface area contributed by atoms with E-state index in [1.54, 1.807) is 5.57 Å². The first-order chi connectivity index (χ1) is 16.5. The maximum absolute atomic E-state index is 12.2. The van der Waals surface area contributed by atoms with Gasteiger partial charge in [-0.2, -0.15) is 0 Å². The molecule has 0 radical (unpaired) electrons. The monoisotopic (exact) mass is 485 g/mol. The Labute approximate surface area is 214 Å². The zero-order valence-electron chi connectivity index (χ0n) is 23.3. The average molecular weight is 486 g/mol. The molecular formula is C31H51NO3. The maximum atomic E-state index is 12.2. The van der Waals surface area contributed by atoms with Gasteiger partial charge in [0.25, 0.3) is 5.91 Å². The van der Waals surface area contributed by atoms with Crippen LogP contribution < -0.4 is 5.32 Å². The fraction of sp³-hybridized carbons (Fsp3) is 0.871. The van der Waals surface area contributed by atoms with Gasteiger partial charge in [0.2, 0.25) is 0 Å². The van der Waals surface area contributed by atoms with E-state index in [2.05, 4.69) is 46.0 Å². The second kappa shape index (κ2) is 10.6. The molecule has 1 amide bonds. The van der Waals surface area contributed by atoms with Crippen molar-refractivity contribution < 1.29 is 14.3 Å². The molecular weight excluding hydrogens is 434 g/mol. The van der Waals surface area contributed by atoms with Crippen LogP contribution >= 0.6 is 0 Å². The average Bonchev–Trinajstić information content (AvgIpc) is 3.15. The molecule has 4 aliphatic carbocycles. The molecule has 4 rings (SSSR count). The van der Waals surface area contributed by atoms with Gasteiger partial charge in [-0.05, 0) is 97.7 Å². The van der Waals surface area contributed by atoms with Crippen LogP contribution in [0.3, 0.4) is 0 Å². The van der Waals surface area contributed by atoms with Gasteiger partial charge in [0.1, 0.15) is 0 Å². The Morgan fingerprint density at radius 2 is 1.83 bits per heavy atom. The van der Waals surface area contributed by atoms with Crippen molar-refractivity contribution in [1.29, 1.82) is 0 Å². The first-order valence-electron chi connectivity index (χ1n) is 14.7. The lowest BCUT2D eigenvalue weighted by Crippen LogP contribution is -2.52. The molecule has 0 aliphatic heterocycles. The van der Waals surface area contributed by atoms with Gasteiger partial charge in [-0.15, -0.1) is 0 Å². The summed E-state index contributed by atoms with van der Waals surface area (Å²) in [5, 5.41) is 3.12. The van der Waals surface area contributed by atoms with Gasteiger partial charge < -0.3 is 10.1 Å². The highest BCUT2D eigenvalue weighted by Crippen LogP contribution is 2.67. The van der Waals surface area contributed by atoms with E-state index in [1.807, 2.05) is 0 Å². The van der Waals surface area contributed by atoms with Gasteiger partial charge in [-0.25, -0.2) is 0 Å². The van der Waals surface area contributed by atoms with Crippen LogP contribution in [0.5, 0.6) is 0 Å². The van der Waals surface area contributed by atoms with Crippen LogP contribution in [0.25, 0.3) is 0 Å². The molecule has 3 saturated carbocycles. The highest BCUT2D eigenvalue weighted by Gasteiger charge is 2.59. The van der Waals surface area contributed by atoms with Crippen molar-refractivity contribution in [2.24, 2.45) is 46.3 Å². The molecule has 0 aromatic heterocycles. The lowest BCUT2D eigenvalue weighted by molar-refractivity contribution is -0.146. The fourth-order valence-electron chi connectivity index (χ4n) is 9.25. The molecule has 3 unspecified atom stereocenters. The molecule has 0 aromatic carbocycles. The van der Waals surface area contributed by atoms with E-state index in [9.17, 15) is 9.59 Å². The van der Waals surface area contributed by atoms with Crippen LogP contribution in [0.2, 0.25) is 0 Å². The van der Waals surface area contributed by atoms with E-state index in [0.717, 1.165) is 54.8 Å². The van der Waals surface area contributed by atoms with Crippen LogP contribution in [0.4, 0.5) is 0 Å². The summed E-state index contributed by atoms with van der Waals surface area (Å²) in [5.74, 6) is 4.54. The van der Waals surface area contributed by atoms with Crippen LogP contribution in [0.15, 0.2) is 11.6 Å². The highest BCUT2D eigenvalue weighted by molar-refractivity contribution is 5.80. The molecule has 0 aromatic rings. The quantitative estimate of drug-likeness (QED) is 0.295. The van der Waals surface area contributed by atoms with Crippen LogP contribution in [0.1, 0.15) is 112 Å². The molecule has 0 spiro atoms. The second-order valence-corrected chi connectivity index (χ2v) is 13.6. The molecule has 3 fully saturated rings. The largest absolute Gasteiger partial charge is 0.456 e. The number of rotatable bonds is 8. The van der Waals surface area contributed by atoms with Crippen molar-refractivity contribution in [3.05, 3.63) is 11.6 Å². The first kappa shape index (κ1) is 26.7. The van der Waals surface area contributed by atoms with E-state index in [0.29, 0.717) is 10.8 Å². The van der Waals surface area contributed by atoms with Gasteiger partial charge in [0.05, 0.1) is 0 Å². The van der Waals surface area contributed by atoms with Crippen molar-refractivity contribution in [3.63, 3.8) is 0 Å². The van der Waals surface area contributed by atoms with Crippen molar-refractivity contribution in [2.45, 2.75) is 118 Å². The number of nitrogens with one attached hydrogen (secondary N) is 1. The van der Waals surface area contributed by atoms with Crippen molar-refractivity contribution in [1.82, 2.24) is 5.32 Å². The topological polar surface area (TPSA) is 55.4 Å². The van der Waals surface area contributed by atoms with Crippen molar-refractivity contribution in [2.75, 3.05) is 6.61 Å². The Morgan fingerprint density at radius 3 is 2.54 bits per heavy atom. The van der Waals surface area contributed by atoms with Gasteiger partial charge in [0, 0.05) is 13.0 Å². The Morgan fingerprint density at radius 1 is 1.06 bits per heavy atom. The number of esters is 1. The number of carbonyl (C=O) groups excluding carboxylic acids is 2. The van der Waals surface area contributed by atoms with E-state index >= 15 is 0 Å². The standard InChI is InChI=1S/C31H51NO3/c1-20(2)8-7-9-21(3)26-12-13-27-25-11-10-23-18-24(32-29(34)19-35-22(4)33)14-16-30(23,5)28(25)15-17-31(26,27)6/h10,20-21,24-28H,7-9,11-19H2,1-6H3,(H,32,34)/t21-,24-,25?,26-,27?,28?,30+,31-/m1/s1. The summed E-state index contributed by atoms with van der Waals surface area (Å²) in [6, 6.07) is 0.172. The Hall–Kier alpha value is -1.32. The van der Waals surface area contributed by atoms with Gasteiger partial charge >= 0.3 is 5.97 Å². The van der Waals surface area contributed by atoms with Gasteiger partial charge in [-0.3, -0.25) is 9.59 Å². The summed E-state index contributed by atoms with van der Waals surface area (Å²) in [5.41, 5.74) is 2.41. The number of fused-ring (bicyclic) bond motifs is 5. The van der Waals surface area contributed by atoms with Gasteiger partial charge in [-0.1, -0.05) is 65.5 Å². The lowest BCUT2D eigenvalue weighted by Gasteiger charge is -2.58. The van der Waals surface area contributed by atoms with Crippen molar-refractivity contribution in [3.8, 4) is 0 Å². The van der Waals surface area contributed by atoms with Gasteiger partial charge in [0.15, 0.2) is 6.61 Å². The zero-order valence-corrected chi connectivity index (χ0v) is 23.3. The fourth-order valence-corrected chi connectivity index (χ4v) is 9.25. The third kappa shape index (κ3) is 5.37. The normalized spacial score (nSPS) is 39.2. The molecule has 0 heterocycles. The SMILES string of the molecule is CC(=O)OCC(=O)N[C@@H]1CC[C@@]2(C)C(=CCC3C2CC[C@@]2(C)C3CC[C@@H]2[C@H](C)CCCC(C)C)C1. The van der Waals surface area contributed by atoms with E-state index in [4.69, 9.17) is 4.74 Å². The van der Waals surface area contributed by atoms with E-state index in [-0.39, 0.29) is 18.6 Å². The summed E-state index contributed by atoms with van der Waals surface area (Å²) in [4.78, 5) is 23.2. The smallest absolute Gasteiger partial charge is 0.303 e. The van der Waals surface area contributed by atoms with Crippen LogP contribution in [0, 0.1) is 46.3 Å². The molecule has 8 atom stereocenters. The predicted molar refractivity (Wildman–Crippen MR) is 142 cm³/mol. The first-order valence-corrected chi connectivity index (χ1v) is 14.7. The number of amides is 1. The minimum atomic E-state index is -0.402. The number of carbonyl (C=O) groups is 2. The van der Waals surface area contributed by atoms with Crippen LogP contribution in [-0.2, 0) is 14.3 Å². The molecule has 4 nitrogen and oxygen atoms in total. The molecule has 198 valence electrons. The zero-order chi connectivity index (χ0) is 25.4. The summed E-state index contributed by atoms with van der Waals surface area (Å²) < 4.78 is 4.88. The van der Waals surface area contributed by atoms with Crippen molar-refractivity contribution >= 4 is 11.9 Å². The molecule has 0 bridgehead atoms. The summed E-state index contributed by atoms with van der Waals surface area (Å²) >= 11 is 0. The second-order valence-electron chi connectivity index (χ2n) is 13.6. The van der Waals surface area contributed by atoms with E-state index in [1.165, 1.54) is 58.3 Å². The summed E-state index contributed by atoms with van der Waals surface area (Å²) in [6.07, 6.45) is 16.8. The third-order valence-electron chi connectivity index (χ3n) is 11.1. The molecule has 35 heavy (non-hydrogen) atoms. The lowest BCUT2D eigenvalue weighted by atomic mass is 9.47. The molecule has 0 saturated heterocycles. The van der Waals surface area contributed by atoms with Crippen LogP contribution in [-0.4, -0.2) is 24.5 Å². The number of hydrogen-bond donors (Lipinski definition) is 1. The molecule has 4 heteroatoms. The Balaban J connectivity index is 1.40. The molecule has 4 aliphatic rings. The summed E-state index contributed by atoms with van der Waals surface area (Å²) in [7, 11) is 0.